The number of aliphatic imine (C=N–C) groups is 1. The fourth-order valence-corrected chi connectivity index (χ4v) is 3.22. The lowest BCUT2D eigenvalue weighted by Crippen LogP contribution is -2.32. The number of carbonyl (C=O) groups excluding carboxylic acids is 1. The maximum absolute atomic E-state index is 14.1. The molecule has 0 radical (unpaired) electrons. The molecule has 0 aliphatic heterocycles. The molecule has 0 atom stereocenters. The minimum absolute atomic E-state index is 0.0606. The van der Waals surface area contributed by atoms with Gasteiger partial charge in [0.05, 0.1) is 10.6 Å². The number of benzene rings is 2. The third-order valence-corrected chi connectivity index (χ3v) is 5.01. The molecule has 1 amide bonds. The van der Waals surface area contributed by atoms with E-state index in [1.54, 1.807) is 39.0 Å². The minimum Gasteiger partial charge on any atom is -0.444 e. The van der Waals surface area contributed by atoms with Crippen LogP contribution in [0.3, 0.4) is 0 Å². The molecule has 2 rings (SSSR count). The van der Waals surface area contributed by atoms with Gasteiger partial charge in [0, 0.05) is 30.8 Å². The van der Waals surface area contributed by atoms with E-state index in [4.69, 9.17) is 10.5 Å². The maximum atomic E-state index is 14.1. The van der Waals surface area contributed by atoms with E-state index >= 15 is 0 Å². The van der Waals surface area contributed by atoms with Crippen LogP contribution in [-0.2, 0) is 21.1 Å². The van der Waals surface area contributed by atoms with E-state index < -0.39 is 27.3 Å². The van der Waals surface area contributed by atoms with E-state index in [9.17, 15) is 17.6 Å². The van der Waals surface area contributed by atoms with Gasteiger partial charge in [0.2, 0.25) is 0 Å². The van der Waals surface area contributed by atoms with Crippen molar-refractivity contribution in [3.05, 3.63) is 65.6 Å². The quantitative estimate of drug-likeness (QED) is 0.651. The number of ether oxygens (including phenoxy) is 1. The Balaban J connectivity index is 2.21. The fraction of sp³-hybridized carbons (Fsp3) is 0.273. The zero-order valence-electron chi connectivity index (χ0n) is 17.8. The van der Waals surface area contributed by atoms with Gasteiger partial charge in [-0.1, -0.05) is 6.07 Å². The Hall–Kier alpha value is -3.20. The Morgan fingerprint density at radius 1 is 1.23 bits per heavy atom. The second kappa shape index (κ2) is 9.74. The summed E-state index contributed by atoms with van der Waals surface area (Å²) in [7, 11) is -3.37. The highest BCUT2D eigenvalue weighted by molar-refractivity contribution is 7.90. The monoisotopic (exact) mass is 447 g/mol. The summed E-state index contributed by atoms with van der Waals surface area (Å²) in [5.41, 5.74) is 6.84. The van der Waals surface area contributed by atoms with Crippen LogP contribution in [0.25, 0.3) is 5.57 Å². The zero-order valence-corrected chi connectivity index (χ0v) is 18.7. The molecule has 0 saturated heterocycles. The molecule has 0 spiro atoms. The average molecular weight is 448 g/mol. The predicted molar refractivity (Wildman–Crippen MR) is 119 cm³/mol. The molecule has 2 aromatic carbocycles. The molecule has 3 N–H and O–H groups in total. The summed E-state index contributed by atoms with van der Waals surface area (Å²) in [6, 6.07) is 10.4. The Bertz CT molecular complexity index is 1120. The van der Waals surface area contributed by atoms with Crippen molar-refractivity contribution in [2.75, 3.05) is 6.26 Å². The molecule has 7 nitrogen and oxygen atoms in total. The van der Waals surface area contributed by atoms with Gasteiger partial charge in [-0.25, -0.2) is 17.6 Å². The van der Waals surface area contributed by atoms with E-state index in [2.05, 4.69) is 10.3 Å². The second-order valence-corrected chi connectivity index (χ2v) is 9.87. The average Bonchev–Trinajstić information content (AvgIpc) is 2.65. The second-order valence-electron chi connectivity index (χ2n) is 7.85. The first-order chi connectivity index (χ1) is 14.4. The van der Waals surface area contributed by atoms with Crippen LogP contribution in [0, 0.1) is 5.82 Å². The highest BCUT2D eigenvalue weighted by Gasteiger charge is 2.16. The number of halogens is 1. The van der Waals surface area contributed by atoms with Crippen molar-refractivity contribution in [2.45, 2.75) is 37.8 Å². The van der Waals surface area contributed by atoms with Gasteiger partial charge in [-0.05, 0) is 68.3 Å². The lowest BCUT2D eigenvalue weighted by Gasteiger charge is -2.19. The van der Waals surface area contributed by atoms with Crippen LogP contribution in [0.4, 0.5) is 14.9 Å². The summed E-state index contributed by atoms with van der Waals surface area (Å²) in [6.45, 7) is 5.30. The highest BCUT2D eigenvalue weighted by Crippen LogP contribution is 2.21. The van der Waals surface area contributed by atoms with Crippen LogP contribution >= 0.6 is 0 Å². The summed E-state index contributed by atoms with van der Waals surface area (Å²) in [4.78, 5) is 16.2. The first kappa shape index (κ1) is 24.1. The van der Waals surface area contributed by atoms with E-state index in [0.29, 0.717) is 22.4 Å². The number of amides is 1. The van der Waals surface area contributed by atoms with Gasteiger partial charge < -0.3 is 15.8 Å². The van der Waals surface area contributed by atoms with Crippen molar-refractivity contribution in [3.63, 3.8) is 0 Å². The molecule has 2 aromatic rings. The number of nitrogens with zero attached hydrogens (tertiary/aromatic N) is 1. The van der Waals surface area contributed by atoms with Crippen LogP contribution in [0.2, 0.25) is 0 Å². The van der Waals surface area contributed by atoms with Crippen molar-refractivity contribution in [2.24, 2.45) is 10.7 Å². The lowest BCUT2D eigenvalue weighted by molar-refractivity contribution is 0.0523. The standard InChI is InChI=1S/C22H26FN3O4S/c1-22(2,3)30-21(27)26-13-15-8-16(10-18(23)9-15)17(12-24)14-25-19-6-5-7-20(11-19)31(4,28)29/h5-12,14H,13,24H2,1-4H3,(H,26,27). The van der Waals surface area contributed by atoms with Gasteiger partial charge in [-0.15, -0.1) is 0 Å². The third kappa shape index (κ3) is 7.86. The number of nitrogens with one attached hydrogen (secondary N) is 1. The van der Waals surface area contributed by atoms with Gasteiger partial charge in [0.15, 0.2) is 9.84 Å². The Morgan fingerprint density at radius 3 is 2.55 bits per heavy atom. The molecule has 0 aliphatic rings. The van der Waals surface area contributed by atoms with Crippen molar-refractivity contribution in [3.8, 4) is 0 Å². The van der Waals surface area contributed by atoms with Crippen molar-refractivity contribution in [1.82, 2.24) is 5.32 Å². The molecule has 0 fully saturated rings. The Kier molecular flexibility index (Phi) is 7.56. The van der Waals surface area contributed by atoms with E-state index in [1.165, 1.54) is 36.7 Å². The number of carbonyl (C=O) groups is 1. The molecule has 31 heavy (non-hydrogen) atoms. The number of rotatable bonds is 6. The van der Waals surface area contributed by atoms with Crippen LogP contribution in [-0.4, -0.2) is 32.6 Å². The SMILES string of the molecule is CC(C)(C)OC(=O)NCc1cc(F)cc(C(C=Nc2cccc(S(C)(=O)=O)c2)=CN)c1. The van der Waals surface area contributed by atoms with Crippen molar-refractivity contribution in [1.29, 1.82) is 0 Å². The number of hydrogen-bond acceptors (Lipinski definition) is 6. The molecule has 0 bridgehead atoms. The smallest absolute Gasteiger partial charge is 0.407 e. The lowest BCUT2D eigenvalue weighted by atomic mass is 10.0. The van der Waals surface area contributed by atoms with Crippen LogP contribution < -0.4 is 11.1 Å². The normalized spacial score (nSPS) is 12.7. The topological polar surface area (TPSA) is 111 Å². The minimum atomic E-state index is -3.37. The number of sulfone groups is 1. The van der Waals surface area contributed by atoms with Gasteiger partial charge in [-0.2, -0.15) is 0 Å². The summed E-state index contributed by atoms with van der Waals surface area (Å²) < 4.78 is 42.7. The van der Waals surface area contributed by atoms with Gasteiger partial charge in [0.25, 0.3) is 0 Å². The van der Waals surface area contributed by atoms with Crippen molar-refractivity contribution >= 4 is 33.4 Å². The number of hydrogen-bond donors (Lipinski definition) is 2. The first-order valence-corrected chi connectivity index (χ1v) is 11.3. The molecule has 0 aliphatic carbocycles. The summed E-state index contributed by atoms with van der Waals surface area (Å²) in [5, 5.41) is 2.58. The number of nitrogens with two attached hydrogens (primary N) is 1. The number of alkyl carbamates (subject to hydrolysis) is 1. The van der Waals surface area contributed by atoms with E-state index in [0.717, 1.165) is 6.26 Å². The van der Waals surface area contributed by atoms with Gasteiger partial charge in [-0.3, -0.25) is 4.99 Å². The molecule has 0 heterocycles. The molecule has 166 valence electrons. The van der Waals surface area contributed by atoms with Crippen LogP contribution in [0.5, 0.6) is 0 Å². The van der Waals surface area contributed by atoms with Gasteiger partial charge in [0.1, 0.15) is 11.4 Å². The van der Waals surface area contributed by atoms with E-state index in [-0.39, 0.29) is 11.4 Å². The van der Waals surface area contributed by atoms with E-state index in [1.807, 2.05) is 0 Å². The molecule has 0 saturated carbocycles. The Labute approximate surface area is 181 Å². The Morgan fingerprint density at radius 2 is 1.94 bits per heavy atom. The first-order valence-electron chi connectivity index (χ1n) is 9.40. The highest BCUT2D eigenvalue weighted by atomic mass is 32.2. The van der Waals surface area contributed by atoms with Crippen molar-refractivity contribution < 1.29 is 22.3 Å². The fourth-order valence-electron chi connectivity index (χ4n) is 2.56. The van der Waals surface area contributed by atoms with Crippen LogP contribution in [0.15, 0.2) is 58.6 Å². The van der Waals surface area contributed by atoms with Crippen LogP contribution in [0.1, 0.15) is 31.9 Å². The summed E-state index contributed by atoms with van der Waals surface area (Å²) in [6.07, 6.45) is 3.19. The third-order valence-electron chi connectivity index (χ3n) is 3.90. The molecule has 9 heteroatoms. The van der Waals surface area contributed by atoms with Gasteiger partial charge >= 0.3 is 6.09 Å². The summed E-state index contributed by atoms with van der Waals surface area (Å²) in [5.74, 6) is -0.509. The maximum Gasteiger partial charge on any atom is 0.407 e. The number of allylic oxidation sites excluding steroid dienone is 1. The zero-order chi connectivity index (χ0) is 23.2. The molecular weight excluding hydrogens is 421 g/mol. The molecule has 0 aromatic heterocycles. The summed E-state index contributed by atoms with van der Waals surface area (Å²) >= 11 is 0. The molecular formula is C22H26FN3O4S. The molecule has 0 unspecified atom stereocenters. The largest absolute Gasteiger partial charge is 0.444 e. The predicted octanol–water partition coefficient (Wildman–Crippen LogP) is 3.96.